The molecule has 5 aromatic carbocycles. The zero-order valence-corrected chi connectivity index (χ0v) is 37.5. The van der Waals surface area contributed by atoms with Crippen LogP contribution in [0.1, 0.15) is 132 Å². The molecular weight excluding hydrogens is 708 g/mol. The van der Waals surface area contributed by atoms with E-state index in [2.05, 4.69) is 199 Å². The van der Waals surface area contributed by atoms with Gasteiger partial charge in [-0.3, -0.25) is 0 Å². The minimum absolute atomic E-state index is 0.0263. The average Bonchev–Trinajstić information content (AvgIpc) is 3.06. The zero-order valence-electron chi connectivity index (χ0n) is 35.7. The lowest BCUT2D eigenvalue weighted by atomic mass is 9.84. The second-order valence-electron chi connectivity index (χ2n) is 21.3. The fourth-order valence-corrected chi connectivity index (χ4v) is 13.8. The Morgan fingerprint density at radius 2 is 0.655 bits per heavy atom. The molecule has 0 N–H and O–H groups in total. The van der Waals surface area contributed by atoms with Gasteiger partial charge in [0, 0.05) is 21.2 Å². The van der Waals surface area contributed by atoms with E-state index in [0.29, 0.717) is 0 Å². The largest absolute Gasteiger partial charge is 0.309 e. The van der Waals surface area contributed by atoms with Gasteiger partial charge in [-0.25, -0.2) is 0 Å². The van der Waals surface area contributed by atoms with Crippen molar-refractivity contribution in [2.45, 2.75) is 141 Å². The normalized spacial score (nSPS) is 16.0. The number of benzene rings is 5. The van der Waals surface area contributed by atoms with Crippen LogP contribution in [0.25, 0.3) is 0 Å². The number of nitrogens with zero attached hydrogens (tertiary/aromatic N) is 2. The third-order valence-electron chi connectivity index (χ3n) is 11.9. The van der Waals surface area contributed by atoms with Crippen molar-refractivity contribution in [1.29, 1.82) is 0 Å². The van der Waals surface area contributed by atoms with Crippen molar-refractivity contribution >= 4 is 68.9 Å². The molecule has 8 rings (SSSR count). The number of hydrogen-bond donors (Lipinski definition) is 0. The van der Waals surface area contributed by atoms with Gasteiger partial charge in [-0.15, -0.1) is 0 Å². The minimum atomic E-state index is -3.39. The van der Waals surface area contributed by atoms with Crippen LogP contribution in [0.5, 0.6) is 0 Å². The third-order valence-corrected chi connectivity index (χ3v) is 16.6. The number of rotatable bonds is 2. The van der Waals surface area contributed by atoms with Gasteiger partial charge in [0.25, 0.3) is 0 Å². The summed E-state index contributed by atoms with van der Waals surface area (Å²) in [6.07, 6.45) is 0. The SMILES string of the molecule is CC(C)(C)c1ccc(N2c3cc(C(C)(C)C)cc4c3P3(=O)c5c(cc(C(C)(C)C)cc5N(c5ccc(C(C)(C)C)cc5)c5cc(C(C)(C)C)cc2c53)S4)cc1. The molecule has 0 aromatic heterocycles. The summed E-state index contributed by atoms with van der Waals surface area (Å²) in [7, 11) is -3.39. The minimum Gasteiger partial charge on any atom is -0.309 e. The second kappa shape index (κ2) is 11.9. The molecule has 0 saturated carbocycles. The van der Waals surface area contributed by atoms with E-state index in [1.807, 2.05) is 11.8 Å². The molecule has 3 nitrogen and oxygen atoms in total. The highest BCUT2D eigenvalue weighted by atomic mass is 32.2. The first-order valence-corrected chi connectivity index (χ1v) is 22.5. The van der Waals surface area contributed by atoms with E-state index >= 15 is 4.57 Å². The van der Waals surface area contributed by atoms with Crippen LogP contribution in [0.4, 0.5) is 34.1 Å². The molecule has 286 valence electrons. The maximum Gasteiger partial charge on any atom is 0.181 e. The first-order chi connectivity index (χ1) is 25.3. The first kappa shape index (κ1) is 38.2. The summed E-state index contributed by atoms with van der Waals surface area (Å²) in [5.41, 5.74) is 12.3. The van der Waals surface area contributed by atoms with Gasteiger partial charge < -0.3 is 14.4 Å². The molecule has 0 atom stereocenters. The fourth-order valence-electron chi connectivity index (χ4n) is 8.37. The Labute approximate surface area is 335 Å². The third kappa shape index (κ3) is 5.96. The van der Waals surface area contributed by atoms with E-state index < -0.39 is 7.14 Å². The molecule has 3 aliphatic heterocycles. The average molecular weight is 767 g/mol. The van der Waals surface area contributed by atoms with Crippen LogP contribution < -0.4 is 25.7 Å². The molecule has 0 bridgehead atoms. The summed E-state index contributed by atoms with van der Waals surface area (Å²) in [4.78, 5) is 7.13. The molecule has 55 heavy (non-hydrogen) atoms. The maximum absolute atomic E-state index is 17.1. The van der Waals surface area contributed by atoms with Crippen LogP contribution in [-0.2, 0) is 31.6 Å². The molecule has 0 unspecified atom stereocenters. The highest BCUT2D eigenvalue weighted by Gasteiger charge is 2.54. The van der Waals surface area contributed by atoms with Crippen LogP contribution in [0.2, 0.25) is 0 Å². The van der Waals surface area contributed by atoms with Crippen LogP contribution in [-0.4, -0.2) is 0 Å². The van der Waals surface area contributed by atoms with Crippen LogP contribution in [0.3, 0.4) is 0 Å². The monoisotopic (exact) mass is 766 g/mol. The Bertz CT molecular complexity index is 2280. The summed E-state index contributed by atoms with van der Waals surface area (Å²) in [5, 5.41) is 2.93. The molecule has 3 heterocycles. The van der Waals surface area contributed by atoms with Crippen LogP contribution in [0, 0.1) is 0 Å². The van der Waals surface area contributed by atoms with Crippen molar-refractivity contribution in [3.8, 4) is 0 Å². The molecule has 5 heteroatoms. The molecular formula is C50H59N2OPS. The fraction of sp³-hybridized carbons (Fsp3) is 0.400. The van der Waals surface area contributed by atoms with Gasteiger partial charge >= 0.3 is 0 Å². The Morgan fingerprint density at radius 3 is 0.945 bits per heavy atom. The molecule has 0 spiro atoms. The van der Waals surface area contributed by atoms with Gasteiger partial charge in [0.15, 0.2) is 7.14 Å². The summed E-state index contributed by atoms with van der Waals surface area (Å²) >= 11 is 1.81. The van der Waals surface area contributed by atoms with E-state index in [9.17, 15) is 0 Å². The Morgan fingerprint density at radius 1 is 0.382 bits per heavy atom. The molecule has 0 aliphatic carbocycles. The second-order valence-corrected chi connectivity index (χ2v) is 24.9. The van der Waals surface area contributed by atoms with E-state index in [1.165, 1.54) is 27.8 Å². The highest BCUT2D eigenvalue weighted by molar-refractivity contribution is 8.03. The van der Waals surface area contributed by atoms with Crippen molar-refractivity contribution in [2.75, 3.05) is 9.80 Å². The topological polar surface area (TPSA) is 23.6 Å². The van der Waals surface area contributed by atoms with Gasteiger partial charge in [-0.05, 0) is 116 Å². The number of anilines is 6. The van der Waals surface area contributed by atoms with Crippen molar-refractivity contribution < 1.29 is 4.57 Å². The molecule has 3 aliphatic rings. The van der Waals surface area contributed by atoms with Crippen molar-refractivity contribution in [1.82, 2.24) is 0 Å². The molecule has 0 radical (unpaired) electrons. The molecule has 0 fully saturated rings. The standard InChI is InChI=1S/C50H59N2OPS/c1-46(2,3)30-16-20-35(21-17-30)51-37-24-32(48(7,8)9)25-38-43(37)54(53)44-39(51)26-33(49(10,11)12)28-41(44)55-42-29-34(50(13,14)15)27-40(45(42)54)52(38)36-22-18-31(19-23-36)47(4,5)6/h16-29H,1-15H3. The lowest BCUT2D eigenvalue weighted by Gasteiger charge is -2.48. The predicted octanol–water partition coefficient (Wildman–Crippen LogP) is 13.8. The Balaban J connectivity index is 1.55. The van der Waals surface area contributed by atoms with Gasteiger partial charge in [0.1, 0.15) is 0 Å². The molecule has 5 aromatic rings. The molecule has 0 saturated heterocycles. The smallest absolute Gasteiger partial charge is 0.181 e. The van der Waals surface area contributed by atoms with Crippen molar-refractivity contribution in [2.24, 2.45) is 0 Å². The predicted molar refractivity (Wildman–Crippen MR) is 240 cm³/mol. The lowest BCUT2D eigenvalue weighted by molar-refractivity contribution is 0.584. The summed E-state index contributed by atoms with van der Waals surface area (Å²) in [6, 6.07) is 32.4. The van der Waals surface area contributed by atoms with Gasteiger partial charge in [0.2, 0.25) is 0 Å². The Kier molecular flexibility index (Phi) is 8.26. The van der Waals surface area contributed by atoms with Gasteiger partial charge in [0.05, 0.1) is 38.7 Å². The number of hydrogen-bond acceptors (Lipinski definition) is 4. The summed E-state index contributed by atoms with van der Waals surface area (Å²) < 4.78 is 17.1. The maximum atomic E-state index is 17.1. The van der Waals surface area contributed by atoms with Crippen molar-refractivity contribution in [3.63, 3.8) is 0 Å². The van der Waals surface area contributed by atoms with Crippen LogP contribution in [0.15, 0.2) is 94.7 Å². The van der Waals surface area contributed by atoms with Crippen LogP contribution >= 0.6 is 18.9 Å². The summed E-state index contributed by atoms with van der Waals surface area (Å²) in [6.45, 7) is 34.3. The van der Waals surface area contributed by atoms with E-state index in [-0.39, 0.29) is 27.1 Å². The van der Waals surface area contributed by atoms with E-state index in [1.54, 1.807) is 0 Å². The van der Waals surface area contributed by atoms with E-state index in [0.717, 1.165) is 59.8 Å². The highest BCUT2D eigenvalue weighted by Crippen LogP contribution is 2.67. The molecule has 0 amide bonds. The van der Waals surface area contributed by atoms with Gasteiger partial charge in [-0.2, -0.15) is 0 Å². The lowest BCUT2D eigenvalue weighted by Crippen LogP contribution is -2.46. The zero-order chi connectivity index (χ0) is 40.0. The quantitative estimate of drug-likeness (QED) is 0.164. The van der Waals surface area contributed by atoms with Gasteiger partial charge in [-0.1, -0.05) is 140 Å². The first-order valence-electron chi connectivity index (χ1n) is 20.0. The Hall–Kier alpha value is -3.72. The summed E-state index contributed by atoms with van der Waals surface area (Å²) in [5.74, 6) is 0. The van der Waals surface area contributed by atoms with Crippen molar-refractivity contribution in [3.05, 3.63) is 113 Å². The van der Waals surface area contributed by atoms with E-state index in [4.69, 9.17) is 0 Å².